The van der Waals surface area contributed by atoms with E-state index >= 15 is 0 Å². The number of thiophene rings is 3. The standard InChI is InChI=1S/C40H64O2S3/c1-3-5-7-9-11-13-15-17-19-21-23-25-30-41-35-29-33-44-39(35)40-36(34-38(45-40)37-28-27-32-43-37)42-31-26-24-22-20-18-16-14-12-10-8-6-4-2/h27-29,32-34H,3-26,30-31H2,1-2H3. The summed E-state index contributed by atoms with van der Waals surface area (Å²) in [6.45, 7) is 6.19. The van der Waals surface area contributed by atoms with Crippen molar-refractivity contribution in [2.45, 2.75) is 168 Å². The first kappa shape index (κ1) is 38.2. The molecule has 0 amide bonds. The van der Waals surface area contributed by atoms with E-state index in [1.54, 1.807) is 22.7 Å². The second-order valence-corrected chi connectivity index (χ2v) is 15.8. The maximum atomic E-state index is 6.47. The zero-order valence-corrected chi connectivity index (χ0v) is 31.3. The summed E-state index contributed by atoms with van der Waals surface area (Å²) in [6, 6.07) is 8.77. The Morgan fingerprint density at radius 2 is 0.911 bits per heavy atom. The van der Waals surface area contributed by atoms with Crippen molar-refractivity contribution in [3.05, 3.63) is 35.0 Å². The molecule has 0 saturated heterocycles. The minimum atomic E-state index is 0.797. The Labute approximate surface area is 289 Å². The lowest BCUT2D eigenvalue weighted by Gasteiger charge is -2.09. The van der Waals surface area contributed by atoms with Crippen LogP contribution in [-0.2, 0) is 0 Å². The lowest BCUT2D eigenvalue weighted by molar-refractivity contribution is 0.303. The second-order valence-electron chi connectivity index (χ2n) is 12.9. The molecule has 0 aliphatic carbocycles. The molecule has 0 unspecified atom stereocenters. The largest absolute Gasteiger partial charge is 0.492 e. The molecule has 2 nitrogen and oxygen atoms in total. The summed E-state index contributed by atoms with van der Waals surface area (Å²) in [5, 5.41) is 4.34. The van der Waals surface area contributed by atoms with Gasteiger partial charge in [0.2, 0.25) is 0 Å². The van der Waals surface area contributed by atoms with Gasteiger partial charge in [0.1, 0.15) is 11.5 Å². The Balaban J connectivity index is 1.35. The van der Waals surface area contributed by atoms with Gasteiger partial charge in [0.25, 0.3) is 0 Å². The van der Waals surface area contributed by atoms with Crippen LogP contribution in [0.4, 0.5) is 0 Å². The van der Waals surface area contributed by atoms with Crippen molar-refractivity contribution in [1.82, 2.24) is 0 Å². The SMILES string of the molecule is CCCCCCCCCCCCCCOc1ccsc1-c1sc(-c2cccs2)cc1OCCCCCCCCCCCCCC. The highest BCUT2D eigenvalue weighted by Gasteiger charge is 2.19. The summed E-state index contributed by atoms with van der Waals surface area (Å²) in [6.07, 6.45) is 32.8. The number of hydrogen-bond acceptors (Lipinski definition) is 5. The van der Waals surface area contributed by atoms with E-state index in [0.717, 1.165) is 37.6 Å². The Morgan fingerprint density at radius 3 is 1.38 bits per heavy atom. The molecule has 254 valence electrons. The molecule has 0 aliphatic heterocycles. The molecule has 0 atom stereocenters. The molecule has 0 radical (unpaired) electrons. The Hall–Kier alpha value is -1.30. The molecule has 0 saturated carbocycles. The van der Waals surface area contributed by atoms with E-state index in [0.29, 0.717) is 0 Å². The van der Waals surface area contributed by atoms with Gasteiger partial charge < -0.3 is 9.47 Å². The predicted molar refractivity (Wildman–Crippen MR) is 204 cm³/mol. The molecule has 0 aromatic carbocycles. The van der Waals surface area contributed by atoms with E-state index in [-0.39, 0.29) is 0 Å². The van der Waals surface area contributed by atoms with Crippen LogP contribution in [0.1, 0.15) is 168 Å². The van der Waals surface area contributed by atoms with Gasteiger partial charge in [-0.05, 0) is 35.7 Å². The van der Waals surface area contributed by atoms with Crippen LogP contribution in [0.15, 0.2) is 35.0 Å². The van der Waals surface area contributed by atoms with Crippen molar-refractivity contribution in [3.63, 3.8) is 0 Å². The molecule has 3 heterocycles. The van der Waals surface area contributed by atoms with Gasteiger partial charge in [-0.3, -0.25) is 0 Å². The van der Waals surface area contributed by atoms with Crippen molar-refractivity contribution in [2.24, 2.45) is 0 Å². The third kappa shape index (κ3) is 16.4. The van der Waals surface area contributed by atoms with E-state index in [4.69, 9.17) is 9.47 Å². The number of unbranched alkanes of at least 4 members (excludes halogenated alkanes) is 22. The monoisotopic (exact) mass is 672 g/mol. The van der Waals surface area contributed by atoms with Gasteiger partial charge in [-0.15, -0.1) is 34.0 Å². The minimum Gasteiger partial charge on any atom is -0.492 e. The van der Waals surface area contributed by atoms with E-state index in [9.17, 15) is 0 Å². The summed E-state index contributed by atoms with van der Waals surface area (Å²) < 4.78 is 12.8. The third-order valence-electron chi connectivity index (χ3n) is 8.81. The number of rotatable bonds is 30. The van der Waals surface area contributed by atoms with E-state index in [1.165, 1.54) is 161 Å². The van der Waals surface area contributed by atoms with Gasteiger partial charge in [-0.2, -0.15) is 0 Å². The van der Waals surface area contributed by atoms with Crippen molar-refractivity contribution < 1.29 is 9.47 Å². The first-order valence-corrected chi connectivity index (χ1v) is 21.4. The molecule has 3 aromatic rings. The summed E-state index contributed by atoms with van der Waals surface area (Å²) in [7, 11) is 0. The first-order valence-electron chi connectivity index (χ1n) is 18.8. The van der Waals surface area contributed by atoms with E-state index < -0.39 is 0 Å². The highest BCUT2D eigenvalue weighted by atomic mass is 32.1. The second kappa shape index (κ2) is 25.7. The van der Waals surface area contributed by atoms with Crippen molar-refractivity contribution in [1.29, 1.82) is 0 Å². The molecule has 0 aliphatic rings. The van der Waals surface area contributed by atoms with Crippen LogP contribution >= 0.6 is 34.0 Å². The Kier molecular flexibility index (Phi) is 21.8. The fourth-order valence-corrected chi connectivity index (χ4v) is 8.93. The van der Waals surface area contributed by atoms with Crippen LogP contribution in [-0.4, -0.2) is 13.2 Å². The zero-order valence-electron chi connectivity index (χ0n) is 28.9. The van der Waals surface area contributed by atoms with E-state index in [1.807, 2.05) is 11.3 Å². The van der Waals surface area contributed by atoms with Gasteiger partial charge in [0, 0.05) is 15.8 Å². The highest BCUT2D eigenvalue weighted by molar-refractivity contribution is 7.26. The quantitative estimate of drug-likeness (QED) is 0.0656. The number of hydrogen-bond donors (Lipinski definition) is 0. The predicted octanol–water partition coefficient (Wildman–Crippen LogP) is 15.4. The smallest absolute Gasteiger partial charge is 0.139 e. The summed E-state index contributed by atoms with van der Waals surface area (Å²) >= 11 is 5.44. The molecule has 0 bridgehead atoms. The van der Waals surface area contributed by atoms with Crippen molar-refractivity contribution >= 4 is 34.0 Å². The maximum Gasteiger partial charge on any atom is 0.139 e. The average Bonchev–Trinajstić information content (AvgIpc) is 3.83. The van der Waals surface area contributed by atoms with Crippen molar-refractivity contribution in [2.75, 3.05) is 13.2 Å². The van der Waals surface area contributed by atoms with Crippen LogP contribution in [0, 0.1) is 0 Å². The van der Waals surface area contributed by atoms with Gasteiger partial charge in [-0.1, -0.05) is 161 Å². The van der Waals surface area contributed by atoms with Gasteiger partial charge in [-0.25, -0.2) is 0 Å². The van der Waals surface area contributed by atoms with E-state index in [2.05, 4.69) is 48.9 Å². The average molecular weight is 673 g/mol. The molecule has 3 aromatic heterocycles. The van der Waals surface area contributed by atoms with Gasteiger partial charge in [0.15, 0.2) is 0 Å². The van der Waals surface area contributed by atoms with Gasteiger partial charge >= 0.3 is 0 Å². The maximum absolute atomic E-state index is 6.47. The number of ether oxygens (including phenoxy) is 2. The Bertz CT molecular complexity index is 1070. The first-order chi connectivity index (χ1) is 22.3. The third-order valence-corrected chi connectivity index (χ3v) is 12.1. The summed E-state index contributed by atoms with van der Waals surface area (Å²) in [5.74, 6) is 2.06. The Morgan fingerprint density at radius 1 is 0.444 bits per heavy atom. The van der Waals surface area contributed by atoms with Crippen LogP contribution in [0.3, 0.4) is 0 Å². The fraction of sp³-hybridized carbons (Fsp3) is 0.700. The topological polar surface area (TPSA) is 18.5 Å². The molecule has 45 heavy (non-hydrogen) atoms. The molecule has 0 fully saturated rings. The summed E-state index contributed by atoms with van der Waals surface area (Å²) in [5.41, 5.74) is 0. The molecule has 0 N–H and O–H groups in total. The van der Waals surface area contributed by atoms with Gasteiger partial charge in [0.05, 0.1) is 23.0 Å². The molecular formula is C40H64O2S3. The lowest BCUT2D eigenvalue weighted by Crippen LogP contribution is -1.99. The highest BCUT2D eigenvalue weighted by Crippen LogP contribution is 2.49. The zero-order chi connectivity index (χ0) is 31.6. The van der Waals surface area contributed by atoms with Crippen LogP contribution in [0.5, 0.6) is 11.5 Å². The molecule has 5 heteroatoms. The molecule has 0 spiro atoms. The summed E-state index contributed by atoms with van der Waals surface area (Å²) in [4.78, 5) is 5.07. The minimum absolute atomic E-state index is 0.797. The molecule has 3 rings (SSSR count). The lowest BCUT2D eigenvalue weighted by atomic mass is 10.1. The van der Waals surface area contributed by atoms with Crippen LogP contribution < -0.4 is 9.47 Å². The molecular weight excluding hydrogens is 609 g/mol. The fourth-order valence-electron chi connectivity index (χ4n) is 6.01. The van der Waals surface area contributed by atoms with Crippen LogP contribution in [0.25, 0.3) is 19.5 Å². The normalized spacial score (nSPS) is 11.4. The van der Waals surface area contributed by atoms with Crippen LogP contribution in [0.2, 0.25) is 0 Å². The van der Waals surface area contributed by atoms with Crippen molar-refractivity contribution in [3.8, 4) is 31.0 Å².